The molecule has 0 spiro atoms. The van der Waals surface area contributed by atoms with Gasteiger partial charge in [-0.1, -0.05) is 0 Å². The molecule has 0 N–H and O–H groups in total. The van der Waals surface area contributed by atoms with Gasteiger partial charge in [0.15, 0.2) is 0 Å². The zero-order chi connectivity index (χ0) is 13.7. The molecule has 0 bridgehead atoms. The molecule has 5 heteroatoms. The highest BCUT2D eigenvalue weighted by Gasteiger charge is 2.42. The summed E-state index contributed by atoms with van der Waals surface area (Å²) in [6, 6.07) is 5.05. The van der Waals surface area contributed by atoms with Crippen molar-refractivity contribution in [1.29, 1.82) is 0 Å². The van der Waals surface area contributed by atoms with Gasteiger partial charge < -0.3 is 9.30 Å². The van der Waals surface area contributed by atoms with E-state index in [1.165, 1.54) is 25.0 Å². The first-order valence-electron chi connectivity index (χ1n) is 7.12. The number of halogens is 2. The lowest BCUT2D eigenvalue weighted by Crippen LogP contribution is -2.23. The van der Waals surface area contributed by atoms with E-state index in [1.807, 2.05) is 0 Å². The van der Waals surface area contributed by atoms with E-state index in [1.54, 1.807) is 6.07 Å². The SMILES string of the molecule is Fc1ccc2c(c1)nc(CCl)n2C1CCOC1C1CC1. The van der Waals surface area contributed by atoms with Gasteiger partial charge in [0, 0.05) is 12.7 Å². The third-order valence-electron chi connectivity index (χ3n) is 4.37. The smallest absolute Gasteiger partial charge is 0.125 e. The fraction of sp³-hybridized carbons (Fsp3) is 0.533. The van der Waals surface area contributed by atoms with Crippen molar-refractivity contribution in [3.8, 4) is 0 Å². The van der Waals surface area contributed by atoms with E-state index in [0.29, 0.717) is 17.3 Å². The summed E-state index contributed by atoms with van der Waals surface area (Å²) in [5.74, 6) is 1.56. The van der Waals surface area contributed by atoms with Crippen molar-refractivity contribution < 1.29 is 9.13 Å². The van der Waals surface area contributed by atoms with Gasteiger partial charge in [0.1, 0.15) is 11.6 Å². The number of hydrogen-bond donors (Lipinski definition) is 0. The van der Waals surface area contributed by atoms with E-state index in [4.69, 9.17) is 16.3 Å². The van der Waals surface area contributed by atoms with Gasteiger partial charge in [0.25, 0.3) is 0 Å². The van der Waals surface area contributed by atoms with Gasteiger partial charge in [-0.05, 0) is 37.3 Å². The average Bonchev–Trinajstić information content (AvgIpc) is 3.07. The van der Waals surface area contributed by atoms with Crippen molar-refractivity contribution in [3.63, 3.8) is 0 Å². The van der Waals surface area contributed by atoms with Crippen molar-refractivity contribution in [2.24, 2.45) is 5.92 Å². The van der Waals surface area contributed by atoms with Gasteiger partial charge in [-0.2, -0.15) is 0 Å². The van der Waals surface area contributed by atoms with Crippen molar-refractivity contribution in [1.82, 2.24) is 9.55 Å². The van der Waals surface area contributed by atoms with Crippen molar-refractivity contribution in [2.75, 3.05) is 6.61 Å². The van der Waals surface area contributed by atoms with E-state index in [9.17, 15) is 4.39 Å². The van der Waals surface area contributed by atoms with Crippen LogP contribution in [0.15, 0.2) is 18.2 Å². The number of nitrogens with zero attached hydrogens (tertiary/aromatic N) is 2. The van der Waals surface area contributed by atoms with Crippen LogP contribution in [0, 0.1) is 11.7 Å². The quantitative estimate of drug-likeness (QED) is 0.808. The van der Waals surface area contributed by atoms with Gasteiger partial charge in [-0.15, -0.1) is 11.6 Å². The first kappa shape index (κ1) is 12.6. The number of rotatable bonds is 3. The fourth-order valence-corrected chi connectivity index (χ4v) is 3.53. The summed E-state index contributed by atoms with van der Waals surface area (Å²) in [5.41, 5.74) is 1.64. The Morgan fingerprint density at radius 1 is 1.35 bits per heavy atom. The molecule has 106 valence electrons. The molecule has 2 heterocycles. The van der Waals surface area contributed by atoms with Gasteiger partial charge >= 0.3 is 0 Å². The number of fused-ring (bicyclic) bond motifs is 1. The normalized spacial score (nSPS) is 26.5. The fourth-order valence-electron chi connectivity index (χ4n) is 3.34. The lowest BCUT2D eigenvalue weighted by atomic mass is 10.1. The van der Waals surface area contributed by atoms with E-state index in [0.717, 1.165) is 24.4 Å². The molecule has 1 aromatic heterocycles. The summed E-state index contributed by atoms with van der Waals surface area (Å²) in [6.07, 6.45) is 3.74. The zero-order valence-corrected chi connectivity index (χ0v) is 11.8. The Morgan fingerprint density at radius 3 is 2.95 bits per heavy atom. The average molecular weight is 295 g/mol. The van der Waals surface area contributed by atoms with Crippen LogP contribution in [0.3, 0.4) is 0 Å². The summed E-state index contributed by atoms with van der Waals surface area (Å²) in [4.78, 5) is 4.49. The standard InChI is InChI=1S/C15H16ClFN2O/c16-8-14-18-11-7-10(17)3-4-12(11)19(14)13-5-6-20-15(13)9-1-2-9/h3-4,7,9,13,15H,1-2,5-6,8H2. The van der Waals surface area contributed by atoms with Crippen molar-refractivity contribution in [2.45, 2.75) is 37.3 Å². The molecule has 1 saturated carbocycles. The summed E-state index contributed by atoms with van der Waals surface area (Å²) in [6.45, 7) is 0.786. The summed E-state index contributed by atoms with van der Waals surface area (Å²) in [5, 5.41) is 0. The molecular formula is C15H16ClFN2O. The molecule has 20 heavy (non-hydrogen) atoms. The van der Waals surface area contributed by atoms with Crippen LogP contribution in [0.5, 0.6) is 0 Å². The largest absolute Gasteiger partial charge is 0.376 e. The number of imidazole rings is 1. The Morgan fingerprint density at radius 2 is 2.20 bits per heavy atom. The molecule has 2 fully saturated rings. The summed E-state index contributed by atoms with van der Waals surface area (Å²) < 4.78 is 21.5. The van der Waals surface area contributed by atoms with Crippen LogP contribution in [0.1, 0.15) is 31.1 Å². The van der Waals surface area contributed by atoms with Gasteiger partial charge in [-0.25, -0.2) is 9.37 Å². The second-order valence-electron chi connectivity index (χ2n) is 5.69. The van der Waals surface area contributed by atoms with Crippen LogP contribution in [0.25, 0.3) is 11.0 Å². The van der Waals surface area contributed by atoms with E-state index in [-0.39, 0.29) is 18.0 Å². The Bertz CT molecular complexity index is 653. The number of hydrogen-bond acceptors (Lipinski definition) is 2. The molecule has 1 aliphatic carbocycles. The molecule has 2 aromatic rings. The molecule has 0 amide bonds. The van der Waals surface area contributed by atoms with Crippen LogP contribution >= 0.6 is 11.6 Å². The van der Waals surface area contributed by atoms with Crippen LogP contribution in [-0.2, 0) is 10.6 Å². The molecule has 2 aliphatic rings. The predicted molar refractivity (Wildman–Crippen MR) is 75.4 cm³/mol. The maximum atomic E-state index is 13.4. The molecule has 1 aromatic carbocycles. The van der Waals surface area contributed by atoms with E-state index < -0.39 is 0 Å². The number of aromatic nitrogens is 2. The highest BCUT2D eigenvalue weighted by molar-refractivity contribution is 6.16. The zero-order valence-electron chi connectivity index (χ0n) is 11.1. The number of ether oxygens (including phenoxy) is 1. The first-order valence-corrected chi connectivity index (χ1v) is 7.65. The third kappa shape index (κ3) is 1.93. The lowest BCUT2D eigenvalue weighted by Gasteiger charge is -2.22. The molecule has 3 nitrogen and oxygen atoms in total. The molecule has 2 unspecified atom stereocenters. The van der Waals surface area contributed by atoms with Gasteiger partial charge in [-0.3, -0.25) is 0 Å². The van der Waals surface area contributed by atoms with Gasteiger partial charge in [0.2, 0.25) is 0 Å². The summed E-state index contributed by atoms with van der Waals surface area (Å²) in [7, 11) is 0. The minimum absolute atomic E-state index is 0.260. The predicted octanol–water partition coefficient (Wildman–Crippen LogP) is 3.65. The third-order valence-corrected chi connectivity index (χ3v) is 4.60. The molecule has 1 aliphatic heterocycles. The van der Waals surface area contributed by atoms with Crippen molar-refractivity contribution >= 4 is 22.6 Å². The highest BCUT2D eigenvalue weighted by Crippen LogP contribution is 2.44. The van der Waals surface area contributed by atoms with E-state index in [2.05, 4.69) is 9.55 Å². The minimum Gasteiger partial charge on any atom is -0.376 e. The minimum atomic E-state index is -0.260. The topological polar surface area (TPSA) is 27.1 Å². The Kier molecular flexibility index (Phi) is 2.97. The molecule has 4 rings (SSSR count). The van der Waals surface area contributed by atoms with Crippen LogP contribution < -0.4 is 0 Å². The first-order chi connectivity index (χ1) is 9.78. The van der Waals surface area contributed by atoms with Crippen LogP contribution in [-0.4, -0.2) is 22.3 Å². The van der Waals surface area contributed by atoms with Crippen LogP contribution in [0.2, 0.25) is 0 Å². The number of alkyl halides is 1. The maximum absolute atomic E-state index is 13.4. The van der Waals surface area contributed by atoms with Gasteiger partial charge in [0.05, 0.1) is 29.1 Å². The summed E-state index contributed by atoms with van der Waals surface area (Å²) >= 11 is 6.05. The monoisotopic (exact) mass is 294 g/mol. The lowest BCUT2D eigenvalue weighted by molar-refractivity contribution is 0.0754. The van der Waals surface area contributed by atoms with E-state index >= 15 is 0 Å². The second kappa shape index (κ2) is 4.71. The molecular weight excluding hydrogens is 279 g/mol. The molecule has 1 saturated heterocycles. The molecule has 0 radical (unpaired) electrons. The van der Waals surface area contributed by atoms with Crippen molar-refractivity contribution in [3.05, 3.63) is 29.8 Å². The maximum Gasteiger partial charge on any atom is 0.125 e. The highest BCUT2D eigenvalue weighted by atomic mass is 35.5. The Labute approximate surface area is 121 Å². The second-order valence-corrected chi connectivity index (χ2v) is 5.96. The number of benzene rings is 1. The van der Waals surface area contributed by atoms with Crippen LogP contribution in [0.4, 0.5) is 4.39 Å². The Balaban J connectivity index is 1.84. The Hall–Kier alpha value is -1.13. The molecule has 2 atom stereocenters.